The first-order valence-corrected chi connectivity index (χ1v) is 5.96. The third-order valence-corrected chi connectivity index (χ3v) is 2.84. The predicted octanol–water partition coefficient (Wildman–Crippen LogP) is 1.94. The number of nitrogens with one attached hydrogen (secondary N) is 2. The third-order valence-electron chi connectivity index (χ3n) is 2.23. The van der Waals surface area contributed by atoms with E-state index in [4.69, 9.17) is 0 Å². The molecule has 0 aliphatic heterocycles. The SMILES string of the molecule is Cc1nc(CNC(=O)c2ccc(F)c(Br)c2)n[nH]1. The normalized spacial score (nSPS) is 10.4. The molecule has 1 aromatic heterocycles. The van der Waals surface area contributed by atoms with Gasteiger partial charge in [-0.2, -0.15) is 5.10 Å². The number of nitrogens with zero attached hydrogens (tertiary/aromatic N) is 2. The van der Waals surface area contributed by atoms with E-state index < -0.39 is 5.82 Å². The van der Waals surface area contributed by atoms with Crippen molar-refractivity contribution in [1.29, 1.82) is 0 Å². The Morgan fingerprint density at radius 3 is 2.94 bits per heavy atom. The lowest BCUT2D eigenvalue weighted by molar-refractivity contribution is 0.0950. The number of halogens is 2. The minimum absolute atomic E-state index is 0.220. The highest BCUT2D eigenvalue weighted by Crippen LogP contribution is 2.16. The van der Waals surface area contributed by atoms with Crippen LogP contribution in [0.3, 0.4) is 0 Å². The fourth-order valence-corrected chi connectivity index (χ4v) is 1.75. The Balaban J connectivity index is 2.01. The van der Waals surface area contributed by atoms with E-state index in [-0.39, 0.29) is 16.9 Å². The summed E-state index contributed by atoms with van der Waals surface area (Å²) >= 11 is 3.03. The Morgan fingerprint density at radius 1 is 1.56 bits per heavy atom. The molecule has 2 rings (SSSR count). The molecule has 1 amide bonds. The molecule has 2 N–H and O–H groups in total. The summed E-state index contributed by atoms with van der Waals surface area (Å²) in [6.07, 6.45) is 0. The molecular weight excluding hydrogens is 303 g/mol. The van der Waals surface area contributed by atoms with Gasteiger partial charge >= 0.3 is 0 Å². The molecule has 7 heteroatoms. The summed E-state index contributed by atoms with van der Waals surface area (Å²) in [5.41, 5.74) is 0.371. The Bertz CT molecular complexity index is 584. The first kappa shape index (κ1) is 12.7. The Labute approximate surface area is 111 Å². The van der Waals surface area contributed by atoms with Gasteiger partial charge in [-0.1, -0.05) is 0 Å². The van der Waals surface area contributed by atoms with Gasteiger partial charge in [-0.3, -0.25) is 9.89 Å². The van der Waals surface area contributed by atoms with Crippen molar-refractivity contribution in [3.05, 3.63) is 45.7 Å². The van der Waals surface area contributed by atoms with E-state index in [1.165, 1.54) is 18.2 Å². The standard InChI is InChI=1S/C11H10BrFN4O/c1-6-15-10(17-16-6)5-14-11(18)7-2-3-9(13)8(12)4-7/h2-4H,5H2,1H3,(H,14,18)(H,15,16,17). The summed E-state index contributed by atoms with van der Waals surface area (Å²) in [4.78, 5) is 15.8. The number of carbonyl (C=O) groups excluding carboxylic acids is 1. The van der Waals surface area contributed by atoms with Gasteiger partial charge in [-0.05, 0) is 41.1 Å². The number of H-pyrrole nitrogens is 1. The topological polar surface area (TPSA) is 70.7 Å². The van der Waals surface area contributed by atoms with Gasteiger partial charge in [0.05, 0.1) is 11.0 Å². The van der Waals surface area contributed by atoms with Gasteiger partial charge in [0.15, 0.2) is 5.82 Å². The Hall–Kier alpha value is -1.76. The van der Waals surface area contributed by atoms with Gasteiger partial charge in [0, 0.05) is 5.56 Å². The summed E-state index contributed by atoms with van der Waals surface area (Å²) in [5.74, 6) is 0.472. The summed E-state index contributed by atoms with van der Waals surface area (Å²) in [7, 11) is 0. The molecule has 0 atom stereocenters. The lowest BCUT2D eigenvalue weighted by atomic mass is 10.2. The first-order chi connectivity index (χ1) is 8.56. The second-order valence-electron chi connectivity index (χ2n) is 3.65. The lowest BCUT2D eigenvalue weighted by Crippen LogP contribution is -2.23. The van der Waals surface area contributed by atoms with E-state index in [0.29, 0.717) is 17.2 Å². The van der Waals surface area contributed by atoms with Crippen molar-refractivity contribution in [2.45, 2.75) is 13.5 Å². The van der Waals surface area contributed by atoms with Crippen LogP contribution in [0, 0.1) is 12.7 Å². The van der Waals surface area contributed by atoms with Crippen LogP contribution >= 0.6 is 15.9 Å². The zero-order chi connectivity index (χ0) is 13.1. The van der Waals surface area contributed by atoms with Crippen molar-refractivity contribution in [1.82, 2.24) is 20.5 Å². The number of amides is 1. The molecular formula is C11H10BrFN4O. The fourth-order valence-electron chi connectivity index (χ4n) is 1.37. The molecule has 0 radical (unpaired) electrons. The maximum Gasteiger partial charge on any atom is 0.251 e. The van der Waals surface area contributed by atoms with Gasteiger partial charge < -0.3 is 5.32 Å². The van der Waals surface area contributed by atoms with Crippen LogP contribution in [0.2, 0.25) is 0 Å². The van der Waals surface area contributed by atoms with Gasteiger partial charge in [0.25, 0.3) is 5.91 Å². The van der Waals surface area contributed by atoms with Crippen LogP contribution < -0.4 is 5.32 Å². The van der Waals surface area contributed by atoms with E-state index in [2.05, 4.69) is 36.4 Å². The van der Waals surface area contributed by atoms with Crippen molar-refractivity contribution in [3.8, 4) is 0 Å². The number of rotatable bonds is 3. The minimum atomic E-state index is -0.406. The Kier molecular flexibility index (Phi) is 3.71. The maximum atomic E-state index is 13.0. The average Bonchev–Trinajstić information content (AvgIpc) is 2.75. The zero-order valence-electron chi connectivity index (χ0n) is 9.50. The quantitative estimate of drug-likeness (QED) is 0.910. The fraction of sp³-hybridized carbons (Fsp3) is 0.182. The highest BCUT2D eigenvalue weighted by atomic mass is 79.9. The van der Waals surface area contributed by atoms with Crippen LogP contribution in [0.15, 0.2) is 22.7 Å². The first-order valence-electron chi connectivity index (χ1n) is 5.17. The van der Waals surface area contributed by atoms with Gasteiger partial charge in [0.1, 0.15) is 11.6 Å². The van der Waals surface area contributed by atoms with E-state index in [9.17, 15) is 9.18 Å². The molecule has 0 saturated carbocycles. The monoisotopic (exact) mass is 312 g/mol. The van der Waals surface area contributed by atoms with Crippen molar-refractivity contribution < 1.29 is 9.18 Å². The smallest absolute Gasteiger partial charge is 0.251 e. The third kappa shape index (κ3) is 2.92. The molecule has 0 saturated heterocycles. The highest BCUT2D eigenvalue weighted by Gasteiger charge is 2.09. The number of benzene rings is 1. The molecule has 0 bridgehead atoms. The molecule has 0 unspecified atom stereocenters. The average molecular weight is 313 g/mol. The molecule has 2 aromatic rings. The van der Waals surface area contributed by atoms with Gasteiger partial charge in [0.2, 0.25) is 0 Å². The number of hydrogen-bond donors (Lipinski definition) is 2. The van der Waals surface area contributed by atoms with Crippen molar-refractivity contribution in [2.75, 3.05) is 0 Å². The second kappa shape index (κ2) is 5.26. The molecule has 1 aromatic carbocycles. The second-order valence-corrected chi connectivity index (χ2v) is 4.50. The molecule has 0 aliphatic rings. The van der Waals surface area contributed by atoms with Gasteiger partial charge in [-0.25, -0.2) is 9.37 Å². The maximum absolute atomic E-state index is 13.0. The molecule has 1 heterocycles. The number of aryl methyl sites for hydroxylation is 1. The molecule has 18 heavy (non-hydrogen) atoms. The predicted molar refractivity (Wildman–Crippen MR) is 66.4 cm³/mol. The number of hydrogen-bond acceptors (Lipinski definition) is 3. The van der Waals surface area contributed by atoms with Crippen molar-refractivity contribution >= 4 is 21.8 Å². The van der Waals surface area contributed by atoms with Crippen LogP contribution in [0.1, 0.15) is 22.0 Å². The van der Waals surface area contributed by atoms with Crippen molar-refractivity contribution in [3.63, 3.8) is 0 Å². The molecule has 94 valence electrons. The van der Waals surface area contributed by atoms with E-state index >= 15 is 0 Å². The summed E-state index contributed by atoms with van der Waals surface area (Å²) in [5, 5.41) is 9.22. The zero-order valence-corrected chi connectivity index (χ0v) is 11.1. The number of carbonyl (C=O) groups is 1. The van der Waals surface area contributed by atoms with E-state index in [1.54, 1.807) is 6.92 Å². The molecule has 0 fully saturated rings. The Morgan fingerprint density at radius 2 is 2.33 bits per heavy atom. The van der Waals surface area contributed by atoms with E-state index in [1.807, 2.05) is 0 Å². The van der Waals surface area contributed by atoms with Crippen LogP contribution in [-0.4, -0.2) is 21.1 Å². The number of aromatic amines is 1. The van der Waals surface area contributed by atoms with E-state index in [0.717, 1.165) is 0 Å². The lowest BCUT2D eigenvalue weighted by Gasteiger charge is -2.03. The summed E-state index contributed by atoms with van der Waals surface area (Å²) in [6, 6.07) is 4.07. The molecule has 0 aliphatic carbocycles. The van der Waals surface area contributed by atoms with Crippen LogP contribution in [0.5, 0.6) is 0 Å². The number of aromatic nitrogens is 3. The largest absolute Gasteiger partial charge is 0.345 e. The summed E-state index contributed by atoms with van der Waals surface area (Å²) < 4.78 is 13.3. The highest BCUT2D eigenvalue weighted by molar-refractivity contribution is 9.10. The van der Waals surface area contributed by atoms with Crippen LogP contribution in [0.25, 0.3) is 0 Å². The molecule has 5 nitrogen and oxygen atoms in total. The minimum Gasteiger partial charge on any atom is -0.345 e. The molecule has 0 spiro atoms. The van der Waals surface area contributed by atoms with Crippen LogP contribution in [-0.2, 0) is 6.54 Å². The summed E-state index contributed by atoms with van der Waals surface area (Å²) in [6.45, 7) is 1.99. The van der Waals surface area contributed by atoms with Crippen LogP contribution in [0.4, 0.5) is 4.39 Å². The van der Waals surface area contributed by atoms with Crippen molar-refractivity contribution in [2.24, 2.45) is 0 Å². The van der Waals surface area contributed by atoms with Gasteiger partial charge in [-0.15, -0.1) is 0 Å².